The molecule has 0 saturated heterocycles. The number of nitriles is 1. The summed E-state index contributed by atoms with van der Waals surface area (Å²) in [7, 11) is 0. The van der Waals surface area contributed by atoms with Gasteiger partial charge in [-0.3, -0.25) is 0 Å². The van der Waals surface area contributed by atoms with E-state index in [0.29, 0.717) is 30.4 Å². The van der Waals surface area contributed by atoms with Crippen molar-refractivity contribution in [3.63, 3.8) is 0 Å². The average Bonchev–Trinajstić information content (AvgIpc) is 2.93. The SMILES string of the molecule is N#Cc1ccc(CNC2CCOc3ccc(F)cc32)o1. The highest BCUT2D eigenvalue weighted by atomic mass is 19.1. The molecule has 0 spiro atoms. The van der Waals surface area contributed by atoms with Gasteiger partial charge in [0.15, 0.2) is 0 Å². The largest absolute Gasteiger partial charge is 0.493 e. The monoisotopic (exact) mass is 272 g/mol. The topological polar surface area (TPSA) is 58.2 Å². The zero-order chi connectivity index (χ0) is 13.9. The molecule has 20 heavy (non-hydrogen) atoms. The summed E-state index contributed by atoms with van der Waals surface area (Å²) in [5, 5.41) is 12.0. The lowest BCUT2D eigenvalue weighted by molar-refractivity contribution is 0.249. The van der Waals surface area contributed by atoms with Crippen LogP contribution in [0.2, 0.25) is 0 Å². The quantitative estimate of drug-likeness (QED) is 0.933. The molecule has 102 valence electrons. The third kappa shape index (κ3) is 2.51. The number of halogens is 1. The maximum absolute atomic E-state index is 13.3. The molecule has 0 saturated carbocycles. The summed E-state index contributed by atoms with van der Waals surface area (Å²) in [6.07, 6.45) is 0.766. The van der Waals surface area contributed by atoms with Gasteiger partial charge in [0, 0.05) is 18.0 Å². The lowest BCUT2D eigenvalue weighted by Crippen LogP contribution is -2.26. The number of nitrogens with one attached hydrogen (secondary N) is 1. The minimum absolute atomic E-state index is 0.0186. The normalized spacial score (nSPS) is 17.1. The zero-order valence-electron chi connectivity index (χ0n) is 10.7. The Morgan fingerprint density at radius 2 is 2.25 bits per heavy atom. The molecule has 0 amide bonds. The van der Waals surface area contributed by atoms with Crippen molar-refractivity contribution in [3.05, 3.63) is 53.2 Å². The van der Waals surface area contributed by atoms with Crippen LogP contribution in [0.15, 0.2) is 34.7 Å². The molecule has 0 bridgehead atoms. The number of hydrogen-bond donors (Lipinski definition) is 1. The fourth-order valence-electron chi connectivity index (χ4n) is 2.33. The standard InChI is InChI=1S/C15H13FN2O2/c16-10-1-4-15-13(7-10)14(5-6-19-15)18-9-12-3-2-11(8-17)20-12/h1-4,7,14,18H,5-6,9H2. The molecule has 1 unspecified atom stereocenters. The molecule has 0 radical (unpaired) electrons. The molecule has 1 aromatic carbocycles. The summed E-state index contributed by atoms with van der Waals surface area (Å²) < 4.78 is 24.2. The molecule has 2 aromatic rings. The van der Waals surface area contributed by atoms with Gasteiger partial charge < -0.3 is 14.5 Å². The second-order valence-electron chi connectivity index (χ2n) is 4.63. The van der Waals surface area contributed by atoms with Crippen LogP contribution >= 0.6 is 0 Å². The molecule has 0 aliphatic carbocycles. The summed E-state index contributed by atoms with van der Waals surface area (Å²) in [5.41, 5.74) is 0.823. The van der Waals surface area contributed by atoms with Gasteiger partial charge in [-0.1, -0.05) is 0 Å². The summed E-state index contributed by atoms with van der Waals surface area (Å²) in [6.45, 7) is 1.08. The van der Waals surface area contributed by atoms with Gasteiger partial charge in [-0.25, -0.2) is 4.39 Å². The first kappa shape index (κ1) is 12.7. The van der Waals surface area contributed by atoms with E-state index in [1.165, 1.54) is 12.1 Å². The zero-order valence-corrected chi connectivity index (χ0v) is 10.7. The van der Waals surface area contributed by atoms with Crippen LogP contribution in [0.3, 0.4) is 0 Å². The highest BCUT2D eigenvalue weighted by Crippen LogP contribution is 2.32. The van der Waals surface area contributed by atoms with Gasteiger partial charge in [0.05, 0.1) is 13.2 Å². The fourth-order valence-corrected chi connectivity index (χ4v) is 2.33. The van der Waals surface area contributed by atoms with E-state index in [1.54, 1.807) is 18.2 Å². The van der Waals surface area contributed by atoms with Gasteiger partial charge in [0.2, 0.25) is 5.76 Å². The first-order valence-electron chi connectivity index (χ1n) is 6.41. The average molecular weight is 272 g/mol. The van der Waals surface area contributed by atoms with Gasteiger partial charge in [0.1, 0.15) is 23.4 Å². The van der Waals surface area contributed by atoms with E-state index in [2.05, 4.69) is 5.32 Å². The molecule has 0 fully saturated rings. The van der Waals surface area contributed by atoms with E-state index < -0.39 is 0 Å². The molecular formula is C15H13FN2O2. The number of hydrogen-bond acceptors (Lipinski definition) is 4. The van der Waals surface area contributed by atoms with Crippen molar-refractivity contribution in [3.8, 4) is 11.8 Å². The maximum atomic E-state index is 13.3. The van der Waals surface area contributed by atoms with Gasteiger partial charge >= 0.3 is 0 Å². The predicted octanol–water partition coefficient (Wildman–Crippen LogP) is 2.90. The first-order valence-corrected chi connectivity index (χ1v) is 6.41. The summed E-state index contributed by atoms with van der Waals surface area (Å²) in [4.78, 5) is 0. The van der Waals surface area contributed by atoms with Crippen molar-refractivity contribution in [2.75, 3.05) is 6.61 Å². The third-order valence-corrected chi connectivity index (χ3v) is 3.31. The summed E-state index contributed by atoms with van der Waals surface area (Å²) >= 11 is 0. The molecule has 1 atom stereocenters. The predicted molar refractivity (Wildman–Crippen MR) is 69.5 cm³/mol. The van der Waals surface area contributed by atoms with Crippen molar-refractivity contribution in [1.29, 1.82) is 5.26 Å². The number of benzene rings is 1. The molecule has 5 heteroatoms. The van der Waals surface area contributed by atoms with E-state index in [-0.39, 0.29) is 11.9 Å². The molecule has 1 N–H and O–H groups in total. The molecule has 1 aliphatic heterocycles. The second-order valence-corrected chi connectivity index (χ2v) is 4.63. The Labute approximate surface area is 115 Å². The van der Waals surface area contributed by atoms with Gasteiger partial charge in [-0.15, -0.1) is 0 Å². The number of fused-ring (bicyclic) bond motifs is 1. The number of nitrogens with zero attached hydrogens (tertiary/aromatic N) is 1. The highest BCUT2D eigenvalue weighted by molar-refractivity contribution is 5.38. The van der Waals surface area contributed by atoms with E-state index >= 15 is 0 Å². The Morgan fingerprint density at radius 1 is 1.35 bits per heavy atom. The van der Waals surface area contributed by atoms with Crippen molar-refractivity contribution in [1.82, 2.24) is 5.32 Å². The Balaban J connectivity index is 1.73. The molecule has 3 rings (SSSR count). The van der Waals surface area contributed by atoms with Crippen molar-refractivity contribution >= 4 is 0 Å². The van der Waals surface area contributed by atoms with Crippen molar-refractivity contribution in [2.45, 2.75) is 19.0 Å². The van der Waals surface area contributed by atoms with Crippen LogP contribution in [0.4, 0.5) is 4.39 Å². The van der Waals surface area contributed by atoms with E-state index in [4.69, 9.17) is 14.4 Å². The number of ether oxygens (including phenoxy) is 1. The molecule has 2 heterocycles. The van der Waals surface area contributed by atoms with Crippen LogP contribution in [-0.2, 0) is 6.54 Å². The van der Waals surface area contributed by atoms with Crippen molar-refractivity contribution < 1.29 is 13.5 Å². The number of rotatable bonds is 3. The number of furan rings is 1. The fraction of sp³-hybridized carbons (Fsp3) is 0.267. The maximum Gasteiger partial charge on any atom is 0.203 e. The Kier molecular flexibility index (Phi) is 3.40. The Morgan fingerprint density at radius 3 is 3.05 bits per heavy atom. The lowest BCUT2D eigenvalue weighted by atomic mass is 10.0. The van der Waals surface area contributed by atoms with Crippen molar-refractivity contribution in [2.24, 2.45) is 0 Å². The van der Waals surface area contributed by atoms with Crippen LogP contribution in [0.25, 0.3) is 0 Å². The minimum Gasteiger partial charge on any atom is -0.493 e. The third-order valence-electron chi connectivity index (χ3n) is 3.31. The molecular weight excluding hydrogens is 259 g/mol. The molecule has 1 aliphatic rings. The summed E-state index contributed by atoms with van der Waals surface area (Å²) in [6, 6.07) is 9.90. The highest BCUT2D eigenvalue weighted by Gasteiger charge is 2.21. The summed E-state index contributed by atoms with van der Waals surface area (Å²) in [5.74, 6) is 1.42. The Bertz CT molecular complexity index is 660. The first-order chi connectivity index (χ1) is 9.76. The Hall–Kier alpha value is -2.32. The van der Waals surface area contributed by atoms with Crippen LogP contribution in [0.1, 0.15) is 29.5 Å². The van der Waals surface area contributed by atoms with Gasteiger partial charge in [-0.2, -0.15) is 5.26 Å². The smallest absolute Gasteiger partial charge is 0.203 e. The van der Waals surface area contributed by atoms with Crippen LogP contribution in [-0.4, -0.2) is 6.61 Å². The van der Waals surface area contributed by atoms with Crippen LogP contribution in [0.5, 0.6) is 5.75 Å². The molecule has 1 aromatic heterocycles. The van der Waals surface area contributed by atoms with Gasteiger partial charge in [0.25, 0.3) is 0 Å². The molecule has 4 nitrogen and oxygen atoms in total. The van der Waals surface area contributed by atoms with E-state index in [9.17, 15) is 4.39 Å². The van der Waals surface area contributed by atoms with E-state index in [1.807, 2.05) is 6.07 Å². The van der Waals surface area contributed by atoms with Gasteiger partial charge in [-0.05, 0) is 30.3 Å². The lowest BCUT2D eigenvalue weighted by Gasteiger charge is -2.26. The minimum atomic E-state index is -0.272. The second kappa shape index (κ2) is 5.35. The van der Waals surface area contributed by atoms with Crippen LogP contribution < -0.4 is 10.1 Å². The van der Waals surface area contributed by atoms with Crippen LogP contribution in [0, 0.1) is 17.1 Å². The van der Waals surface area contributed by atoms with E-state index in [0.717, 1.165) is 12.0 Å².